The molecule has 0 bridgehead atoms. The third-order valence-corrected chi connectivity index (χ3v) is 4.70. The van der Waals surface area contributed by atoms with Gasteiger partial charge in [0, 0.05) is 36.1 Å². The molecule has 1 saturated heterocycles. The van der Waals surface area contributed by atoms with Gasteiger partial charge in [-0.15, -0.1) is 0 Å². The van der Waals surface area contributed by atoms with Crippen LogP contribution < -0.4 is 10.5 Å². The van der Waals surface area contributed by atoms with Crippen molar-refractivity contribution in [2.75, 3.05) is 13.2 Å². The summed E-state index contributed by atoms with van der Waals surface area (Å²) < 4.78 is 5.13. The SMILES string of the molecule is O=c1cc(C[NH+]2CCCC[C@H]2CCO)c2cc(O)c(O)cc2o1. The number of phenolic OH excluding ortho intramolecular Hbond substituents is 2. The standard InChI is InChI=1S/C17H21NO5/c19-6-4-12-3-1-2-5-18(12)10-11-7-17(22)23-16-9-15(21)14(20)8-13(11)16/h7-9,12,19-21H,1-6,10H2/p+1/t12-/m0/s1. The van der Waals surface area contributed by atoms with E-state index in [0.29, 0.717) is 18.0 Å². The van der Waals surface area contributed by atoms with Crippen molar-refractivity contribution in [1.82, 2.24) is 0 Å². The lowest BCUT2D eigenvalue weighted by Crippen LogP contribution is -3.15. The third kappa shape index (κ3) is 3.33. The molecule has 0 spiro atoms. The van der Waals surface area contributed by atoms with Gasteiger partial charge in [-0.2, -0.15) is 0 Å². The summed E-state index contributed by atoms with van der Waals surface area (Å²) in [4.78, 5) is 13.1. The molecule has 124 valence electrons. The van der Waals surface area contributed by atoms with Crippen molar-refractivity contribution in [3.8, 4) is 11.5 Å². The zero-order valence-electron chi connectivity index (χ0n) is 12.9. The Morgan fingerprint density at radius 3 is 2.74 bits per heavy atom. The minimum Gasteiger partial charge on any atom is -0.504 e. The fourth-order valence-corrected chi connectivity index (χ4v) is 3.53. The number of aliphatic hydroxyl groups excluding tert-OH is 1. The zero-order valence-corrected chi connectivity index (χ0v) is 12.9. The summed E-state index contributed by atoms with van der Waals surface area (Å²) in [5.74, 6) is -0.533. The van der Waals surface area contributed by atoms with Crippen LogP contribution in [0.5, 0.6) is 11.5 Å². The van der Waals surface area contributed by atoms with Crippen molar-refractivity contribution in [3.63, 3.8) is 0 Å². The van der Waals surface area contributed by atoms with Gasteiger partial charge in [-0.1, -0.05) is 0 Å². The van der Waals surface area contributed by atoms with Crippen molar-refractivity contribution in [2.45, 2.75) is 38.3 Å². The topological polar surface area (TPSA) is 95.3 Å². The molecule has 2 heterocycles. The molecule has 1 aliphatic heterocycles. The number of aromatic hydroxyl groups is 2. The summed E-state index contributed by atoms with van der Waals surface area (Å²) in [5, 5.41) is 29.2. The van der Waals surface area contributed by atoms with E-state index in [1.807, 2.05) is 0 Å². The minimum absolute atomic E-state index is 0.167. The highest BCUT2D eigenvalue weighted by atomic mass is 16.4. The quantitative estimate of drug-likeness (QED) is 0.487. The molecule has 6 nitrogen and oxygen atoms in total. The molecule has 0 amide bonds. The highest BCUT2D eigenvalue weighted by Gasteiger charge is 2.26. The minimum atomic E-state index is -0.465. The van der Waals surface area contributed by atoms with Crippen LogP contribution in [0.1, 0.15) is 31.2 Å². The molecule has 2 aromatic rings. The highest BCUT2D eigenvalue weighted by Crippen LogP contribution is 2.31. The Hall–Kier alpha value is -2.05. The molecule has 3 rings (SSSR count). The molecular weight excluding hydrogens is 298 g/mol. The molecule has 0 saturated carbocycles. The van der Waals surface area contributed by atoms with Gasteiger partial charge >= 0.3 is 5.63 Å². The van der Waals surface area contributed by atoms with Gasteiger partial charge in [-0.25, -0.2) is 4.79 Å². The van der Waals surface area contributed by atoms with Crippen LogP contribution >= 0.6 is 0 Å². The van der Waals surface area contributed by atoms with Crippen molar-refractivity contribution in [1.29, 1.82) is 0 Å². The second kappa shape index (κ2) is 6.60. The van der Waals surface area contributed by atoms with E-state index in [4.69, 9.17) is 4.42 Å². The van der Waals surface area contributed by atoms with Crippen molar-refractivity contribution in [3.05, 3.63) is 34.2 Å². The number of rotatable bonds is 4. The summed E-state index contributed by atoms with van der Waals surface area (Å²) in [6.07, 6.45) is 4.12. The van der Waals surface area contributed by atoms with Crippen LogP contribution in [-0.2, 0) is 6.54 Å². The summed E-state index contributed by atoms with van der Waals surface area (Å²) >= 11 is 0. The third-order valence-electron chi connectivity index (χ3n) is 4.70. The highest BCUT2D eigenvalue weighted by molar-refractivity contribution is 5.83. The van der Waals surface area contributed by atoms with Gasteiger partial charge in [0.25, 0.3) is 0 Å². The molecule has 1 unspecified atom stereocenters. The van der Waals surface area contributed by atoms with E-state index >= 15 is 0 Å². The number of benzene rings is 1. The van der Waals surface area contributed by atoms with Crippen LogP contribution in [0.25, 0.3) is 11.0 Å². The first-order chi connectivity index (χ1) is 11.1. The number of hydrogen-bond donors (Lipinski definition) is 4. The van der Waals surface area contributed by atoms with E-state index in [1.54, 1.807) is 0 Å². The van der Waals surface area contributed by atoms with Gasteiger partial charge in [-0.3, -0.25) is 0 Å². The van der Waals surface area contributed by atoms with Gasteiger partial charge < -0.3 is 24.6 Å². The fourth-order valence-electron chi connectivity index (χ4n) is 3.53. The maximum absolute atomic E-state index is 11.8. The smallest absolute Gasteiger partial charge is 0.336 e. The predicted octanol–water partition coefficient (Wildman–Crippen LogP) is 0.524. The van der Waals surface area contributed by atoms with E-state index in [-0.39, 0.29) is 23.7 Å². The Labute approximate surface area is 133 Å². The van der Waals surface area contributed by atoms with Crippen LogP contribution in [0.3, 0.4) is 0 Å². The monoisotopic (exact) mass is 320 g/mol. The van der Waals surface area contributed by atoms with Crippen molar-refractivity contribution < 1.29 is 24.6 Å². The first kappa shape index (κ1) is 15.8. The van der Waals surface area contributed by atoms with Gasteiger partial charge in [0.1, 0.15) is 12.1 Å². The molecule has 0 aliphatic carbocycles. The summed E-state index contributed by atoms with van der Waals surface area (Å²) in [7, 11) is 0. The average molecular weight is 320 g/mol. The molecule has 23 heavy (non-hydrogen) atoms. The second-order valence-corrected chi connectivity index (χ2v) is 6.22. The summed E-state index contributed by atoms with van der Waals surface area (Å²) in [5.41, 5.74) is 0.608. The van der Waals surface area contributed by atoms with E-state index in [9.17, 15) is 20.1 Å². The van der Waals surface area contributed by atoms with Crippen LogP contribution in [-0.4, -0.2) is 34.5 Å². The van der Waals surface area contributed by atoms with Crippen LogP contribution in [0, 0.1) is 0 Å². The maximum Gasteiger partial charge on any atom is 0.336 e. The number of aliphatic hydroxyl groups is 1. The lowest BCUT2D eigenvalue weighted by molar-refractivity contribution is -0.944. The first-order valence-corrected chi connectivity index (χ1v) is 8.02. The lowest BCUT2D eigenvalue weighted by Gasteiger charge is -2.32. The molecule has 1 aromatic heterocycles. The molecular formula is C17H22NO5+. The number of quaternary nitrogens is 1. The second-order valence-electron chi connectivity index (χ2n) is 6.22. The van der Waals surface area contributed by atoms with Crippen LogP contribution in [0.4, 0.5) is 0 Å². The van der Waals surface area contributed by atoms with Gasteiger partial charge in [0.2, 0.25) is 0 Å². The van der Waals surface area contributed by atoms with Gasteiger partial charge in [0.05, 0.1) is 12.6 Å². The fraction of sp³-hybridized carbons (Fsp3) is 0.471. The summed E-state index contributed by atoms with van der Waals surface area (Å²) in [6, 6.07) is 4.54. The molecule has 1 aromatic carbocycles. The van der Waals surface area contributed by atoms with Crippen LogP contribution in [0.15, 0.2) is 27.4 Å². The zero-order chi connectivity index (χ0) is 16.4. The normalized spacial score (nSPS) is 21.6. The van der Waals surface area contributed by atoms with E-state index in [1.165, 1.54) is 29.5 Å². The van der Waals surface area contributed by atoms with Crippen LogP contribution in [0.2, 0.25) is 0 Å². The Morgan fingerprint density at radius 2 is 1.96 bits per heavy atom. The number of fused-ring (bicyclic) bond motifs is 1. The van der Waals surface area contributed by atoms with E-state index in [2.05, 4.69) is 0 Å². The van der Waals surface area contributed by atoms with Crippen molar-refractivity contribution >= 4 is 11.0 Å². The Balaban J connectivity index is 1.98. The number of piperidine rings is 1. The van der Waals surface area contributed by atoms with Gasteiger partial charge in [-0.05, 0) is 25.3 Å². The molecule has 1 aliphatic rings. The molecule has 2 atom stereocenters. The van der Waals surface area contributed by atoms with Crippen molar-refractivity contribution in [2.24, 2.45) is 0 Å². The Kier molecular flexibility index (Phi) is 4.54. The van der Waals surface area contributed by atoms with E-state index < -0.39 is 5.63 Å². The predicted molar refractivity (Wildman–Crippen MR) is 84.7 cm³/mol. The number of nitrogens with one attached hydrogen (secondary N) is 1. The number of phenols is 2. The first-order valence-electron chi connectivity index (χ1n) is 8.02. The van der Waals surface area contributed by atoms with Gasteiger partial charge in [0.15, 0.2) is 11.5 Å². The molecule has 1 fully saturated rings. The average Bonchev–Trinajstić information content (AvgIpc) is 2.51. The summed E-state index contributed by atoms with van der Waals surface area (Å²) in [6.45, 7) is 1.80. The maximum atomic E-state index is 11.8. The molecule has 6 heteroatoms. The lowest BCUT2D eigenvalue weighted by atomic mass is 9.98. The van der Waals surface area contributed by atoms with E-state index in [0.717, 1.165) is 31.4 Å². The Morgan fingerprint density at radius 1 is 1.17 bits per heavy atom. The number of likely N-dealkylation sites (tertiary alicyclic amines) is 1. The Bertz CT molecular complexity index is 752. The molecule has 0 radical (unpaired) electrons. The largest absolute Gasteiger partial charge is 0.504 e. The number of hydrogen-bond acceptors (Lipinski definition) is 5. The molecule has 4 N–H and O–H groups in total.